The molecule has 1 N–H and O–H groups in total. The Hall–Kier alpha value is -1.88. The topological polar surface area (TPSA) is 52.7 Å². The van der Waals surface area contributed by atoms with Gasteiger partial charge >= 0.3 is 0 Å². The summed E-state index contributed by atoms with van der Waals surface area (Å²) in [7, 11) is 3.49. The molecule has 1 aliphatic rings. The van der Waals surface area contributed by atoms with Gasteiger partial charge in [0.1, 0.15) is 0 Å². The number of hydrogen-bond donors (Lipinski definition) is 1. The highest BCUT2D eigenvalue weighted by molar-refractivity contribution is 5.93. The molecule has 5 nitrogen and oxygen atoms in total. The average molecular weight is 374 g/mol. The van der Waals surface area contributed by atoms with Crippen LogP contribution in [0, 0.1) is 11.8 Å². The Balaban J connectivity index is 1.66. The van der Waals surface area contributed by atoms with E-state index in [0.29, 0.717) is 24.3 Å². The van der Waals surface area contributed by atoms with Crippen LogP contribution in [-0.2, 0) is 11.2 Å². The van der Waals surface area contributed by atoms with Crippen LogP contribution in [0.2, 0.25) is 0 Å². The number of amides is 2. The number of nitrogens with zero attached hydrogens (tertiary/aromatic N) is 2. The molecule has 0 spiro atoms. The molecule has 150 valence electrons. The van der Waals surface area contributed by atoms with Gasteiger partial charge in [-0.2, -0.15) is 0 Å². The number of benzene rings is 1. The van der Waals surface area contributed by atoms with Crippen molar-refractivity contribution in [2.45, 2.75) is 39.5 Å². The van der Waals surface area contributed by atoms with Crippen molar-refractivity contribution < 1.29 is 9.59 Å². The van der Waals surface area contributed by atoms with Gasteiger partial charge < -0.3 is 15.1 Å². The first-order valence-corrected chi connectivity index (χ1v) is 10.1. The van der Waals surface area contributed by atoms with E-state index >= 15 is 0 Å². The Bertz CT molecular complexity index is 602. The monoisotopic (exact) mass is 373 g/mol. The molecule has 0 radical (unpaired) electrons. The van der Waals surface area contributed by atoms with Gasteiger partial charge in [-0.15, -0.1) is 0 Å². The Kier molecular flexibility index (Phi) is 8.29. The molecule has 1 heterocycles. The lowest BCUT2D eigenvalue weighted by Crippen LogP contribution is -2.40. The van der Waals surface area contributed by atoms with Gasteiger partial charge in [0, 0.05) is 39.2 Å². The molecule has 1 aliphatic heterocycles. The fraction of sp³-hybridized carbons (Fsp3) is 0.636. The van der Waals surface area contributed by atoms with Gasteiger partial charge in [-0.05, 0) is 61.9 Å². The molecule has 1 aromatic carbocycles. The normalized spacial score (nSPS) is 15.7. The molecule has 0 bridgehead atoms. The van der Waals surface area contributed by atoms with E-state index in [-0.39, 0.29) is 11.8 Å². The van der Waals surface area contributed by atoms with Gasteiger partial charge in [0.25, 0.3) is 5.91 Å². The van der Waals surface area contributed by atoms with E-state index in [1.807, 2.05) is 24.3 Å². The minimum Gasteiger partial charge on any atom is -0.356 e. The fourth-order valence-electron chi connectivity index (χ4n) is 3.57. The van der Waals surface area contributed by atoms with Crippen LogP contribution in [0.25, 0.3) is 0 Å². The maximum Gasteiger partial charge on any atom is 0.253 e. The first-order valence-electron chi connectivity index (χ1n) is 10.1. The lowest BCUT2D eigenvalue weighted by Gasteiger charge is -2.33. The van der Waals surface area contributed by atoms with E-state index < -0.39 is 0 Å². The summed E-state index contributed by atoms with van der Waals surface area (Å²) >= 11 is 0. The van der Waals surface area contributed by atoms with Crippen LogP contribution in [0.3, 0.4) is 0 Å². The first kappa shape index (κ1) is 21.4. The number of hydrogen-bond acceptors (Lipinski definition) is 3. The van der Waals surface area contributed by atoms with Gasteiger partial charge in [-0.25, -0.2) is 0 Å². The molecule has 27 heavy (non-hydrogen) atoms. The van der Waals surface area contributed by atoms with Crippen LogP contribution in [-0.4, -0.2) is 61.9 Å². The summed E-state index contributed by atoms with van der Waals surface area (Å²) in [5.41, 5.74) is 1.76. The Morgan fingerprint density at radius 3 is 2.33 bits per heavy atom. The molecule has 2 amide bonds. The third-order valence-corrected chi connectivity index (χ3v) is 5.17. The second kappa shape index (κ2) is 10.5. The molecule has 0 unspecified atom stereocenters. The van der Waals surface area contributed by atoms with E-state index in [2.05, 4.69) is 24.1 Å². The quantitative estimate of drug-likeness (QED) is 0.762. The van der Waals surface area contributed by atoms with Gasteiger partial charge in [0.15, 0.2) is 0 Å². The van der Waals surface area contributed by atoms with Crippen LogP contribution >= 0.6 is 0 Å². The van der Waals surface area contributed by atoms with Crippen molar-refractivity contribution in [1.29, 1.82) is 0 Å². The summed E-state index contributed by atoms with van der Waals surface area (Å²) in [5, 5.41) is 3.10. The molecular formula is C22H35N3O2. The van der Waals surface area contributed by atoms with Crippen LogP contribution in [0.1, 0.15) is 49.0 Å². The summed E-state index contributed by atoms with van der Waals surface area (Å²) in [5.74, 6) is 1.44. The second-order valence-electron chi connectivity index (χ2n) is 8.34. The second-order valence-corrected chi connectivity index (χ2v) is 8.34. The number of carbonyl (C=O) groups excluding carboxylic acids is 2. The first-order chi connectivity index (χ1) is 12.8. The number of aryl methyl sites for hydroxylation is 1. The highest BCUT2D eigenvalue weighted by Crippen LogP contribution is 2.17. The summed E-state index contributed by atoms with van der Waals surface area (Å²) in [6.07, 6.45) is 3.55. The summed E-state index contributed by atoms with van der Waals surface area (Å²) in [6, 6.07) is 7.55. The molecule has 0 atom stereocenters. The third-order valence-electron chi connectivity index (χ3n) is 5.17. The molecule has 0 aliphatic carbocycles. The van der Waals surface area contributed by atoms with Crippen molar-refractivity contribution >= 4 is 11.8 Å². The zero-order valence-corrected chi connectivity index (χ0v) is 17.3. The van der Waals surface area contributed by atoms with Crippen molar-refractivity contribution in [3.63, 3.8) is 0 Å². The molecule has 2 rings (SSSR count). The van der Waals surface area contributed by atoms with Gasteiger partial charge in [-0.3, -0.25) is 9.59 Å². The lowest BCUT2D eigenvalue weighted by molar-refractivity contribution is -0.121. The standard InChI is InChI=1S/C22H35N3O2/c1-17(2)16-25-13-11-19(12-14-25)15-23-21(26)10-7-18-5-8-20(9-6-18)22(27)24(3)4/h5-6,8-9,17,19H,7,10-16H2,1-4H3,(H,23,26). The number of piperidine rings is 1. The maximum atomic E-state index is 12.2. The molecular weight excluding hydrogens is 338 g/mol. The van der Waals surface area contributed by atoms with E-state index in [4.69, 9.17) is 0 Å². The SMILES string of the molecule is CC(C)CN1CCC(CNC(=O)CCc2ccc(C(=O)N(C)C)cc2)CC1. The highest BCUT2D eigenvalue weighted by Gasteiger charge is 2.20. The minimum absolute atomic E-state index is 0.00117. The van der Waals surface area contributed by atoms with Crippen LogP contribution in [0.15, 0.2) is 24.3 Å². The molecule has 0 saturated carbocycles. The van der Waals surface area contributed by atoms with Gasteiger partial charge in [0.05, 0.1) is 0 Å². The predicted molar refractivity (Wildman–Crippen MR) is 110 cm³/mol. The number of nitrogens with one attached hydrogen (secondary N) is 1. The summed E-state index contributed by atoms with van der Waals surface area (Å²) in [4.78, 5) is 28.1. The van der Waals surface area contributed by atoms with Gasteiger partial charge in [0.2, 0.25) is 5.91 Å². The number of likely N-dealkylation sites (tertiary alicyclic amines) is 1. The predicted octanol–water partition coefficient (Wildman–Crippen LogP) is 2.81. The minimum atomic E-state index is -0.00117. The third kappa shape index (κ3) is 7.33. The Labute approximate surface area is 164 Å². The van der Waals surface area contributed by atoms with Gasteiger partial charge in [-0.1, -0.05) is 26.0 Å². The summed E-state index contributed by atoms with van der Waals surface area (Å²) in [6.45, 7) is 8.80. The van der Waals surface area contributed by atoms with E-state index in [1.165, 1.54) is 19.4 Å². The van der Waals surface area contributed by atoms with E-state index in [1.54, 1.807) is 19.0 Å². The van der Waals surface area contributed by atoms with Crippen LogP contribution in [0.5, 0.6) is 0 Å². The molecule has 0 aromatic heterocycles. The smallest absolute Gasteiger partial charge is 0.253 e. The summed E-state index contributed by atoms with van der Waals surface area (Å²) < 4.78 is 0. The zero-order chi connectivity index (χ0) is 19.8. The van der Waals surface area contributed by atoms with E-state index in [0.717, 1.165) is 31.1 Å². The number of rotatable bonds is 8. The zero-order valence-electron chi connectivity index (χ0n) is 17.3. The van der Waals surface area contributed by atoms with Crippen LogP contribution < -0.4 is 5.32 Å². The Morgan fingerprint density at radius 2 is 1.78 bits per heavy atom. The molecule has 5 heteroatoms. The largest absolute Gasteiger partial charge is 0.356 e. The van der Waals surface area contributed by atoms with E-state index in [9.17, 15) is 9.59 Å². The molecule has 1 fully saturated rings. The fourth-order valence-corrected chi connectivity index (χ4v) is 3.57. The van der Waals surface area contributed by atoms with Crippen molar-refractivity contribution in [1.82, 2.24) is 15.1 Å². The average Bonchev–Trinajstić information content (AvgIpc) is 2.65. The Morgan fingerprint density at radius 1 is 1.15 bits per heavy atom. The molecule has 1 aromatic rings. The lowest BCUT2D eigenvalue weighted by atomic mass is 9.96. The molecule has 1 saturated heterocycles. The van der Waals surface area contributed by atoms with Crippen molar-refractivity contribution in [3.8, 4) is 0 Å². The van der Waals surface area contributed by atoms with Crippen molar-refractivity contribution in [2.75, 3.05) is 40.3 Å². The van der Waals surface area contributed by atoms with Crippen molar-refractivity contribution in [2.24, 2.45) is 11.8 Å². The maximum absolute atomic E-state index is 12.2. The van der Waals surface area contributed by atoms with Crippen molar-refractivity contribution in [3.05, 3.63) is 35.4 Å². The van der Waals surface area contributed by atoms with Crippen LogP contribution in [0.4, 0.5) is 0 Å². The number of carbonyl (C=O) groups is 2. The highest BCUT2D eigenvalue weighted by atomic mass is 16.2.